The number of hydrogen-bond acceptors (Lipinski definition) is 4. The highest BCUT2D eigenvalue weighted by atomic mass is 35.5. The zero-order valence-corrected chi connectivity index (χ0v) is 16.2. The van der Waals surface area contributed by atoms with Gasteiger partial charge in [0.05, 0.1) is 0 Å². The molecule has 0 fully saturated rings. The van der Waals surface area contributed by atoms with Crippen molar-refractivity contribution in [1.29, 1.82) is 0 Å². The van der Waals surface area contributed by atoms with E-state index in [0.717, 1.165) is 5.56 Å². The van der Waals surface area contributed by atoms with Gasteiger partial charge in [-0.05, 0) is 49.7 Å². The summed E-state index contributed by atoms with van der Waals surface area (Å²) in [7, 11) is 1.69. The number of halogens is 1. The van der Waals surface area contributed by atoms with Crippen molar-refractivity contribution in [3.05, 3.63) is 59.1 Å². The maximum Gasteiger partial charge on any atom is 0.341 e. The Morgan fingerprint density at radius 3 is 2.37 bits per heavy atom. The number of amides is 1. The van der Waals surface area contributed by atoms with Gasteiger partial charge in [0.25, 0.3) is 5.91 Å². The lowest BCUT2D eigenvalue weighted by molar-refractivity contribution is -0.144. The highest BCUT2D eigenvalue weighted by molar-refractivity contribution is 6.30. The molecular formula is C20H22ClNO5. The average Bonchev–Trinajstić information content (AvgIpc) is 2.60. The molecule has 1 N–H and O–H groups in total. The molecule has 0 atom stereocenters. The van der Waals surface area contributed by atoms with E-state index >= 15 is 0 Å². The van der Waals surface area contributed by atoms with E-state index in [1.54, 1.807) is 74.3 Å². The summed E-state index contributed by atoms with van der Waals surface area (Å²) in [6.07, 6.45) is 0. The smallest absolute Gasteiger partial charge is 0.341 e. The molecule has 0 bridgehead atoms. The average molecular weight is 392 g/mol. The van der Waals surface area contributed by atoms with Crippen LogP contribution >= 0.6 is 11.6 Å². The standard InChI is InChI=1S/C20H22ClNO5/c1-20(2,27-17-6-4-5-15(21)11-17)19(25)22(3)12-14-7-9-16(10-8-14)26-13-18(23)24/h4-11H,12-13H2,1-3H3,(H,23,24). The van der Waals surface area contributed by atoms with Gasteiger partial charge in [-0.3, -0.25) is 4.79 Å². The Kier molecular flexibility index (Phi) is 6.69. The lowest BCUT2D eigenvalue weighted by atomic mass is 10.1. The van der Waals surface area contributed by atoms with E-state index < -0.39 is 18.2 Å². The van der Waals surface area contributed by atoms with Crippen LogP contribution in [-0.2, 0) is 16.1 Å². The fourth-order valence-electron chi connectivity index (χ4n) is 2.51. The summed E-state index contributed by atoms with van der Waals surface area (Å²) < 4.78 is 10.9. The lowest BCUT2D eigenvalue weighted by Gasteiger charge is -2.30. The molecule has 0 aliphatic rings. The van der Waals surface area contributed by atoms with Gasteiger partial charge < -0.3 is 19.5 Å². The second-order valence-corrected chi connectivity index (χ2v) is 6.99. The molecule has 0 heterocycles. The van der Waals surface area contributed by atoms with Crippen LogP contribution in [0.5, 0.6) is 11.5 Å². The molecule has 0 aliphatic heterocycles. The van der Waals surface area contributed by atoms with E-state index in [1.807, 2.05) is 0 Å². The van der Waals surface area contributed by atoms with E-state index in [4.69, 9.17) is 26.2 Å². The Hall–Kier alpha value is -2.73. The molecule has 6 nitrogen and oxygen atoms in total. The minimum atomic E-state index is -1.07. The van der Waals surface area contributed by atoms with Crippen LogP contribution < -0.4 is 9.47 Å². The summed E-state index contributed by atoms with van der Waals surface area (Å²) in [6.45, 7) is 3.39. The molecule has 1 amide bonds. The van der Waals surface area contributed by atoms with Crippen LogP contribution in [0.15, 0.2) is 48.5 Å². The summed E-state index contributed by atoms with van der Waals surface area (Å²) in [5, 5.41) is 9.15. The Bertz CT molecular complexity index is 804. The number of benzene rings is 2. The molecule has 0 spiro atoms. The Morgan fingerprint density at radius 2 is 1.78 bits per heavy atom. The van der Waals surface area contributed by atoms with Crippen molar-refractivity contribution < 1.29 is 24.2 Å². The number of likely N-dealkylation sites (N-methyl/N-ethyl adjacent to an activating group) is 1. The van der Waals surface area contributed by atoms with E-state index in [9.17, 15) is 9.59 Å². The van der Waals surface area contributed by atoms with Gasteiger partial charge in [-0.1, -0.05) is 29.8 Å². The molecule has 0 saturated heterocycles. The van der Waals surface area contributed by atoms with Gasteiger partial charge in [-0.25, -0.2) is 4.79 Å². The quantitative estimate of drug-likeness (QED) is 0.743. The molecule has 2 aromatic rings. The topological polar surface area (TPSA) is 76.1 Å². The van der Waals surface area contributed by atoms with Crippen molar-refractivity contribution in [3.8, 4) is 11.5 Å². The number of carbonyl (C=O) groups excluding carboxylic acids is 1. The predicted octanol–water partition coefficient (Wildman–Crippen LogP) is 3.62. The molecule has 0 saturated carbocycles. The molecule has 27 heavy (non-hydrogen) atoms. The van der Waals surface area contributed by atoms with Crippen molar-refractivity contribution in [3.63, 3.8) is 0 Å². The van der Waals surface area contributed by atoms with Crippen LogP contribution in [0, 0.1) is 0 Å². The van der Waals surface area contributed by atoms with Gasteiger partial charge in [0.2, 0.25) is 0 Å². The van der Waals surface area contributed by atoms with Crippen LogP contribution in [0.1, 0.15) is 19.4 Å². The molecule has 7 heteroatoms. The number of carboxylic acids is 1. The molecule has 0 aliphatic carbocycles. The molecule has 0 radical (unpaired) electrons. The largest absolute Gasteiger partial charge is 0.482 e. The molecule has 144 valence electrons. The van der Waals surface area contributed by atoms with Gasteiger partial charge in [0.1, 0.15) is 11.5 Å². The molecular weight excluding hydrogens is 370 g/mol. The minimum Gasteiger partial charge on any atom is -0.482 e. The number of aliphatic carboxylic acids is 1. The number of hydrogen-bond donors (Lipinski definition) is 1. The summed E-state index contributed by atoms with van der Waals surface area (Å²) in [6, 6.07) is 13.8. The number of carboxylic acid groups (broad SMARTS) is 1. The maximum absolute atomic E-state index is 12.8. The zero-order chi connectivity index (χ0) is 20.0. The number of rotatable bonds is 8. The molecule has 2 aromatic carbocycles. The molecule has 0 unspecified atom stereocenters. The number of carbonyl (C=O) groups is 2. The van der Waals surface area contributed by atoms with Crippen molar-refractivity contribution in [2.75, 3.05) is 13.7 Å². The van der Waals surface area contributed by atoms with E-state index in [2.05, 4.69) is 0 Å². The first-order valence-corrected chi connectivity index (χ1v) is 8.69. The van der Waals surface area contributed by atoms with Crippen LogP contribution in [0.4, 0.5) is 0 Å². The highest BCUT2D eigenvalue weighted by Gasteiger charge is 2.32. The van der Waals surface area contributed by atoms with Crippen LogP contribution in [-0.4, -0.2) is 41.1 Å². The Morgan fingerprint density at radius 1 is 1.11 bits per heavy atom. The first-order valence-electron chi connectivity index (χ1n) is 8.31. The van der Waals surface area contributed by atoms with Gasteiger partial charge in [-0.15, -0.1) is 0 Å². The Balaban J connectivity index is 1.98. The van der Waals surface area contributed by atoms with Gasteiger partial charge in [0.15, 0.2) is 12.2 Å². The second-order valence-electron chi connectivity index (χ2n) is 6.56. The Labute approximate surface area is 163 Å². The summed E-state index contributed by atoms with van der Waals surface area (Å²) >= 11 is 5.96. The summed E-state index contributed by atoms with van der Waals surface area (Å²) in [5.74, 6) is -0.242. The number of nitrogens with zero attached hydrogens (tertiary/aromatic N) is 1. The predicted molar refractivity (Wildman–Crippen MR) is 102 cm³/mol. The van der Waals surface area contributed by atoms with Crippen molar-refractivity contribution in [2.45, 2.75) is 26.0 Å². The third kappa shape index (κ3) is 6.18. The summed E-state index contributed by atoms with van der Waals surface area (Å²) in [5.41, 5.74) is -0.184. The minimum absolute atomic E-state index is 0.186. The zero-order valence-electron chi connectivity index (χ0n) is 15.4. The van der Waals surface area contributed by atoms with E-state index in [0.29, 0.717) is 23.1 Å². The number of ether oxygens (including phenoxy) is 2. The van der Waals surface area contributed by atoms with Crippen molar-refractivity contribution in [2.24, 2.45) is 0 Å². The second kappa shape index (κ2) is 8.77. The molecule has 2 rings (SSSR count). The van der Waals surface area contributed by atoms with Crippen LogP contribution in [0.3, 0.4) is 0 Å². The normalized spacial score (nSPS) is 11.0. The van der Waals surface area contributed by atoms with E-state index in [1.165, 1.54) is 0 Å². The first-order chi connectivity index (χ1) is 12.7. The maximum atomic E-state index is 12.8. The molecule has 0 aromatic heterocycles. The van der Waals surface area contributed by atoms with Gasteiger partial charge in [-0.2, -0.15) is 0 Å². The monoisotopic (exact) mass is 391 g/mol. The van der Waals surface area contributed by atoms with E-state index in [-0.39, 0.29) is 5.91 Å². The van der Waals surface area contributed by atoms with Gasteiger partial charge >= 0.3 is 5.97 Å². The van der Waals surface area contributed by atoms with Crippen LogP contribution in [0.2, 0.25) is 5.02 Å². The summed E-state index contributed by atoms with van der Waals surface area (Å²) in [4.78, 5) is 24.9. The fourth-order valence-corrected chi connectivity index (χ4v) is 2.69. The van der Waals surface area contributed by atoms with Crippen molar-refractivity contribution >= 4 is 23.5 Å². The third-order valence-corrected chi connectivity index (χ3v) is 3.97. The lowest BCUT2D eigenvalue weighted by Crippen LogP contribution is -2.47. The fraction of sp³-hybridized carbons (Fsp3) is 0.300. The van der Waals surface area contributed by atoms with Crippen molar-refractivity contribution in [1.82, 2.24) is 4.90 Å². The van der Waals surface area contributed by atoms with Crippen LogP contribution in [0.25, 0.3) is 0 Å². The van der Waals surface area contributed by atoms with Gasteiger partial charge in [0, 0.05) is 18.6 Å². The highest BCUT2D eigenvalue weighted by Crippen LogP contribution is 2.24. The third-order valence-electron chi connectivity index (χ3n) is 3.74. The SMILES string of the molecule is CN(Cc1ccc(OCC(=O)O)cc1)C(=O)C(C)(C)Oc1cccc(Cl)c1. The first kappa shape index (κ1) is 20.6.